The first kappa shape index (κ1) is 61.2. The zero-order valence-electron chi connectivity index (χ0n) is 54.9. The molecule has 3 heterocycles. The number of hydrogen-bond acceptors (Lipinski definition) is 11. The molecule has 11 nitrogen and oxygen atoms in total. The molecule has 0 amide bonds. The lowest BCUT2D eigenvalue weighted by Crippen LogP contribution is -2.45. The molecule has 15 aromatic rings. The number of ketones is 3. The summed E-state index contributed by atoms with van der Waals surface area (Å²) in [5, 5.41) is 20.0. The van der Waals surface area contributed by atoms with E-state index in [2.05, 4.69) is 206 Å². The standard InChI is InChI=1S/C87H75N5O6/c93-76(70-34-28-64-25-22-58-13-7-16-61-31-37-73(70)85(64)82(58)61)55-90-43-40-88-41-44-91(56-77(94)71-35-29-65-26-23-59-14-8-17-62-32-38-74(71)86(65)83(59)62)53-68-11-2-5-20-80(68)97-50-47-89(46-49-96-79-19-4-1-10-67(79)52-90)48-51-98-81-21-6-3-12-69(81)54-92(45-42-88)57-78(95)72-36-30-66-27-24-60-15-9-18-63-33-39-75(72)87(66)84(60)63/h1-39H,40-57H2. The summed E-state index contributed by atoms with van der Waals surface area (Å²) in [5.74, 6) is 2.46. The highest BCUT2D eigenvalue weighted by atomic mass is 16.5. The van der Waals surface area contributed by atoms with E-state index in [0.29, 0.717) is 115 Å². The maximum absolute atomic E-state index is 15.5. The normalized spacial score (nSPS) is 17.1. The lowest BCUT2D eigenvalue weighted by Gasteiger charge is -2.32. The van der Waals surface area contributed by atoms with E-state index in [9.17, 15) is 0 Å². The average Bonchev–Trinajstić information content (AvgIpc) is 0.753. The smallest absolute Gasteiger partial charge is 0.177 e. The number of benzene rings is 15. The van der Waals surface area contributed by atoms with Gasteiger partial charge in [-0.1, -0.05) is 218 Å². The Morgan fingerprint density at radius 3 is 0.816 bits per heavy atom. The highest BCUT2D eigenvalue weighted by molar-refractivity contribution is 6.29. The Bertz CT molecular complexity index is 4910. The molecule has 98 heavy (non-hydrogen) atoms. The summed E-state index contributed by atoms with van der Waals surface area (Å²) in [5.41, 5.74) is 5.08. The van der Waals surface area contributed by atoms with Gasteiger partial charge in [0.15, 0.2) is 17.3 Å². The highest BCUT2D eigenvalue weighted by Gasteiger charge is 2.27. The van der Waals surface area contributed by atoms with Crippen molar-refractivity contribution in [1.82, 2.24) is 24.5 Å². The fourth-order valence-electron chi connectivity index (χ4n) is 15.9. The summed E-state index contributed by atoms with van der Waals surface area (Å²) in [6, 6.07) is 82.2. The van der Waals surface area contributed by atoms with E-state index in [1.54, 1.807) is 0 Å². The summed E-state index contributed by atoms with van der Waals surface area (Å²) in [6.07, 6.45) is 0. The van der Waals surface area contributed by atoms with Gasteiger partial charge in [-0.25, -0.2) is 0 Å². The van der Waals surface area contributed by atoms with E-state index in [4.69, 9.17) is 14.2 Å². The van der Waals surface area contributed by atoms with Gasteiger partial charge in [0.25, 0.3) is 0 Å². The van der Waals surface area contributed by atoms with Crippen LogP contribution in [-0.2, 0) is 19.6 Å². The predicted octanol–water partition coefficient (Wildman–Crippen LogP) is 16.6. The molecule has 0 spiro atoms. The van der Waals surface area contributed by atoms with E-state index >= 15 is 14.4 Å². The molecule has 0 atom stereocenters. The zero-order valence-corrected chi connectivity index (χ0v) is 54.9. The van der Waals surface area contributed by atoms with Crippen molar-refractivity contribution in [3.8, 4) is 17.2 Å². The number of nitrogens with zero attached hydrogens (tertiary/aromatic N) is 5. The molecule has 0 fully saturated rings. The first-order valence-corrected chi connectivity index (χ1v) is 34.6. The Hall–Kier alpha value is -10.4. The van der Waals surface area contributed by atoms with Gasteiger partial charge in [-0.3, -0.25) is 38.9 Å². The summed E-state index contributed by atoms with van der Waals surface area (Å²) >= 11 is 0. The Morgan fingerprint density at radius 1 is 0.255 bits per heavy atom. The SMILES string of the molecule is O=C(CN1CCN2CCN(CC(=O)c3ccc4ccc5cccc6ccc3c4c56)Cc3ccccc3OCCN(CCOc3ccccc3C1)CCOc1ccccc1CN(CC(=O)c1ccc3ccc4cccc5ccc1c3c45)CC2)c1ccc2ccc3cccc4ccc1c2c34. The average molecular weight is 1290 g/mol. The largest absolute Gasteiger partial charge is 0.492 e. The summed E-state index contributed by atoms with van der Waals surface area (Å²) < 4.78 is 20.4. The minimum Gasteiger partial charge on any atom is -0.492 e. The first-order valence-electron chi connectivity index (χ1n) is 34.6. The van der Waals surface area contributed by atoms with Crippen molar-refractivity contribution < 1.29 is 28.6 Å². The second kappa shape index (κ2) is 26.6. The monoisotopic (exact) mass is 1290 g/mol. The molecule has 0 saturated heterocycles. The van der Waals surface area contributed by atoms with Gasteiger partial charge in [0.05, 0.1) is 19.6 Å². The minimum absolute atomic E-state index is 0.0437. The third-order valence-corrected chi connectivity index (χ3v) is 20.9. The topological polar surface area (TPSA) is 95.1 Å². The van der Waals surface area contributed by atoms with Crippen molar-refractivity contribution in [3.05, 3.63) is 270 Å². The highest BCUT2D eigenvalue weighted by Crippen LogP contribution is 2.40. The van der Waals surface area contributed by atoms with Crippen molar-refractivity contribution >= 4 is 114 Å². The molecular weight excluding hydrogens is 1210 g/mol. The van der Waals surface area contributed by atoms with Gasteiger partial charge in [-0.05, 0) is 115 Å². The van der Waals surface area contributed by atoms with Crippen LogP contribution < -0.4 is 14.2 Å². The Morgan fingerprint density at radius 2 is 0.510 bits per heavy atom. The fraction of sp³-hybridized carbons (Fsp3) is 0.207. The second-order valence-electron chi connectivity index (χ2n) is 26.9. The predicted molar refractivity (Wildman–Crippen MR) is 398 cm³/mol. The van der Waals surface area contributed by atoms with E-state index in [1.807, 2.05) is 54.6 Å². The molecule has 0 radical (unpaired) electrons. The molecule has 11 heteroatoms. The number of ether oxygens (including phenoxy) is 3. The van der Waals surface area contributed by atoms with Crippen molar-refractivity contribution in [3.63, 3.8) is 0 Å². The molecule has 0 unspecified atom stereocenters. The number of fused-ring (bicyclic) bond motifs is 15. The van der Waals surface area contributed by atoms with Crippen molar-refractivity contribution in [2.24, 2.45) is 0 Å². The molecular formula is C87H75N5O6. The third-order valence-electron chi connectivity index (χ3n) is 20.9. The molecule has 0 saturated carbocycles. The molecule has 3 aliphatic rings. The van der Waals surface area contributed by atoms with E-state index < -0.39 is 0 Å². The van der Waals surface area contributed by atoms with Gasteiger partial charge < -0.3 is 14.2 Å². The summed E-state index contributed by atoms with van der Waals surface area (Å²) in [7, 11) is 0. The van der Waals surface area contributed by atoms with Crippen LogP contribution in [-0.4, -0.2) is 140 Å². The molecule has 3 aliphatic heterocycles. The van der Waals surface area contributed by atoms with Crippen LogP contribution in [0.1, 0.15) is 47.8 Å². The van der Waals surface area contributed by atoms with Crippen LogP contribution in [0.3, 0.4) is 0 Å². The Balaban J connectivity index is 0.761. The molecule has 15 aromatic carbocycles. The fourth-order valence-corrected chi connectivity index (χ4v) is 15.9. The van der Waals surface area contributed by atoms with Crippen LogP contribution in [0.2, 0.25) is 0 Å². The maximum atomic E-state index is 15.5. The Kier molecular flexibility index (Phi) is 16.6. The Labute approximate surface area is 569 Å². The summed E-state index contributed by atoms with van der Waals surface area (Å²) in [4.78, 5) is 58.2. The molecule has 18 rings (SSSR count). The van der Waals surface area contributed by atoms with Gasteiger partial charge in [0, 0.05) is 112 Å². The van der Waals surface area contributed by atoms with Crippen LogP contribution in [0.25, 0.3) is 97.0 Å². The number of Topliss-reactive ketones (excluding diaryl/α,β-unsaturated/α-hetero) is 3. The van der Waals surface area contributed by atoms with Gasteiger partial charge >= 0.3 is 0 Å². The second-order valence-corrected chi connectivity index (χ2v) is 26.9. The molecule has 0 aromatic heterocycles. The van der Waals surface area contributed by atoms with Crippen LogP contribution in [0, 0.1) is 0 Å². The van der Waals surface area contributed by atoms with Crippen molar-refractivity contribution in [2.75, 3.05) is 98.4 Å². The lowest BCUT2D eigenvalue weighted by atomic mass is 9.91. The van der Waals surface area contributed by atoms with E-state index in [1.165, 1.54) is 16.2 Å². The maximum Gasteiger partial charge on any atom is 0.177 e. The van der Waals surface area contributed by atoms with Gasteiger partial charge in [-0.2, -0.15) is 0 Å². The van der Waals surface area contributed by atoms with Crippen LogP contribution in [0.5, 0.6) is 17.2 Å². The lowest BCUT2D eigenvalue weighted by molar-refractivity contribution is 0.0879. The van der Waals surface area contributed by atoms with Crippen LogP contribution >= 0.6 is 0 Å². The van der Waals surface area contributed by atoms with E-state index in [0.717, 1.165) is 115 Å². The van der Waals surface area contributed by atoms with Gasteiger partial charge in [0.1, 0.15) is 37.1 Å². The number of para-hydroxylation sites is 3. The van der Waals surface area contributed by atoms with E-state index in [-0.39, 0.29) is 37.0 Å². The quantitative estimate of drug-likeness (QED) is 0.102. The van der Waals surface area contributed by atoms with Crippen LogP contribution in [0.4, 0.5) is 0 Å². The molecule has 2 bridgehead atoms. The first-order chi connectivity index (χ1) is 48.3. The van der Waals surface area contributed by atoms with Crippen molar-refractivity contribution in [2.45, 2.75) is 19.6 Å². The van der Waals surface area contributed by atoms with Gasteiger partial charge in [-0.15, -0.1) is 0 Å². The number of carbonyl (C=O) groups is 3. The molecule has 0 aliphatic carbocycles. The third kappa shape index (κ3) is 11.9. The summed E-state index contributed by atoms with van der Waals surface area (Å²) in [6.45, 7) is 8.12. The van der Waals surface area contributed by atoms with Gasteiger partial charge in [0.2, 0.25) is 0 Å². The number of carbonyl (C=O) groups excluding carboxylic acids is 3. The van der Waals surface area contributed by atoms with Crippen molar-refractivity contribution in [1.29, 1.82) is 0 Å². The zero-order chi connectivity index (χ0) is 65.6. The molecule has 484 valence electrons. The number of rotatable bonds is 9. The minimum atomic E-state index is 0.0437. The number of hydrogen-bond donors (Lipinski definition) is 0. The molecule has 0 N–H and O–H groups in total. The van der Waals surface area contributed by atoms with Crippen LogP contribution in [0.15, 0.2) is 237 Å².